The maximum absolute atomic E-state index is 9.12. The van der Waals surface area contributed by atoms with Crippen LogP contribution in [0.15, 0.2) is 24.3 Å². The second-order valence-corrected chi connectivity index (χ2v) is 5.65. The van der Waals surface area contributed by atoms with Crippen LogP contribution < -0.4 is 5.73 Å². The number of hydrogen-bond donors (Lipinski definition) is 2. The van der Waals surface area contributed by atoms with Gasteiger partial charge in [-0.05, 0) is 48.9 Å². The second kappa shape index (κ2) is 4.85. The maximum atomic E-state index is 9.12. The molecular weight excluding hydrogens is 274 g/mol. The summed E-state index contributed by atoms with van der Waals surface area (Å²) in [5, 5.41) is 17.1. The van der Waals surface area contributed by atoms with Crippen molar-refractivity contribution in [2.24, 2.45) is 0 Å². The van der Waals surface area contributed by atoms with Crippen LogP contribution in [0.25, 0.3) is 22.3 Å². The molecule has 2 heterocycles. The molecule has 3 N–H and O–H groups in total. The number of fused-ring (bicyclic) bond motifs is 3. The van der Waals surface area contributed by atoms with Gasteiger partial charge in [0, 0.05) is 5.56 Å². The molecule has 22 heavy (non-hydrogen) atoms. The molecule has 4 rings (SSSR count). The summed E-state index contributed by atoms with van der Waals surface area (Å²) in [4.78, 5) is 4.75. The average Bonchev–Trinajstić information content (AvgIpc) is 2.95. The molecule has 1 aliphatic rings. The van der Waals surface area contributed by atoms with Gasteiger partial charge in [-0.25, -0.2) is 4.98 Å². The Kier molecular flexibility index (Phi) is 2.83. The van der Waals surface area contributed by atoms with E-state index in [4.69, 9.17) is 16.0 Å². The van der Waals surface area contributed by atoms with Gasteiger partial charge in [-0.15, -0.1) is 0 Å². The van der Waals surface area contributed by atoms with E-state index in [1.165, 1.54) is 11.1 Å². The number of nitrogens with one attached hydrogen (secondary N) is 1. The molecule has 0 saturated carbocycles. The van der Waals surface area contributed by atoms with Crippen LogP contribution in [0.4, 0.5) is 5.82 Å². The Morgan fingerprint density at radius 2 is 2.00 bits per heavy atom. The fraction of sp³-hybridized carbons (Fsp3) is 0.235. The van der Waals surface area contributed by atoms with Gasteiger partial charge in [-0.2, -0.15) is 10.4 Å². The molecule has 0 aliphatic heterocycles. The van der Waals surface area contributed by atoms with E-state index in [2.05, 4.69) is 16.3 Å². The number of aromatic amines is 1. The SMILES string of the molecule is N#Cc1cccc(-c2nc3[nH]nc(N)c3c3c2CCCC3)c1. The topological polar surface area (TPSA) is 91.4 Å². The Bertz CT molecular complexity index is 917. The molecule has 108 valence electrons. The molecule has 5 heteroatoms. The number of hydrogen-bond acceptors (Lipinski definition) is 4. The monoisotopic (exact) mass is 289 g/mol. The molecular formula is C17H15N5. The van der Waals surface area contributed by atoms with Gasteiger partial charge in [0.15, 0.2) is 11.5 Å². The molecule has 1 aliphatic carbocycles. The Morgan fingerprint density at radius 1 is 1.18 bits per heavy atom. The van der Waals surface area contributed by atoms with E-state index in [0.29, 0.717) is 11.4 Å². The zero-order chi connectivity index (χ0) is 15.1. The standard InChI is InChI=1S/C17H15N5/c18-9-10-4-3-5-11(8-10)15-13-7-2-1-6-12(13)14-16(19)21-22-17(14)20-15/h3-5,8H,1-2,6-7H2,(H3,19,20,21,22). The third-order valence-electron chi connectivity index (χ3n) is 4.32. The highest BCUT2D eigenvalue weighted by atomic mass is 15.2. The van der Waals surface area contributed by atoms with Crippen molar-refractivity contribution in [2.75, 3.05) is 5.73 Å². The zero-order valence-corrected chi connectivity index (χ0v) is 12.1. The van der Waals surface area contributed by atoms with Gasteiger partial charge < -0.3 is 5.73 Å². The first kappa shape index (κ1) is 12.8. The molecule has 0 unspecified atom stereocenters. The van der Waals surface area contributed by atoms with Crippen molar-refractivity contribution in [3.8, 4) is 17.3 Å². The van der Waals surface area contributed by atoms with Crippen LogP contribution in [0, 0.1) is 11.3 Å². The molecule has 0 radical (unpaired) electrons. The summed E-state index contributed by atoms with van der Waals surface area (Å²) < 4.78 is 0. The minimum Gasteiger partial charge on any atom is -0.382 e. The lowest BCUT2D eigenvalue weighted by Crippen LogP contribution is -2.08. The third kappa shape index (κ3) is 1.85. The molecule has 0 saturated heterocycles. The van der Waals surface area contributed by atoms with Crippen molar-refractivity contribution in [1.29, 1.82) is 5.26 Å². The van der Waals surface area contributed by atoms with Gasteiger partial charge in [-0.1, -0.05) is 12.1 Å². The van der Waals surface area contributed by atoms with Gasteiger partial charge in [0.1, 0.15) is 0 Å². The minimum atomic E-state index is 0.526. The van der Waals surface area contributed by atoms with E-state index in [9.17, 15) is 0 Å². The van der Waals surface area contributed by atoms with Crippen molar-refractivity contribution in [3.05, 3.63) is 41.0 Å². The zero-order valence-electron chi connectivity index (χ0n) is 12.1. The number of nitrogen functional groups attached to an aromatic ring is 1. The Labute approximate surface area is 127 Å². The number of nitrogens with two attached hydrogens (primary N) is 1. The van der Waals surface area contributed by atoms with Gasteiger partial charge in [0.2, 0.25) is 0 Å². The number of aromatic nitrogens is 3. The van der Waals surface area contributed by atoms with Crippen LogP contribution in [-0.4, -0.2) is 15.2 Å². The van der Waals surface area contributed by atoms with Gasteiger partial charge in [0.05, 0.1) is 22.7 Å². The molecule has 3 aromatic rings. The molecule has 0 fully saturated rings. The van der Waals surface area contributed by atoms with Crippen molar-refractivity contribution in [3.63, 3.8) is 0 Å². The molecule has 2 aromatic heterocycles. The Hall–Kier alpha value is -2.87. The summed E-state index contributed by atoms with van der Waals surface area (Å²) in [5.41, 5.74) is 11.8. The first-order valence-electron chi connectivity index (χ1n) is 7.44. The van der Waals surface area contributed by atoms with Crippen molar-refractivity contribution < 1.29 is 0 Å². The number of H-pyrrole nitrogens is 1. The van der Waals surface area contributed by atoms with Gasteiger partial charge in [0.25, 0.3) is 0 Å². The predicted octanol–water partition coefficient (Wildman–Crippen LogP) is 2.96. The van der Waals surface area contributed by atoms with Crippen molar-refractivity contribution in [2.45, 2.75) is 25.7 Å². The number of benzene rings is 1. The van der Waals surface area contributed by atoms with E-state index in [1.54, 1.807) is 0 Å². The molecule has 0 spiro atoms. The fourth-order valence-electron chi connectivity index (χ4n) is 3.32. The number of rotatable bonds is 1. The van der Waals surface area contributed by atoms with Crippen molar-refractivity contribution >= 4 is 16.9 Å². The Morgan fingerprint density at radius 3 is 2.82 bits per heavy atom. The summed E-state index contributed by atoms with van der Waals surface area (Å²) in [6, 6.07) is 9.79. The normalized spacial score (nSPS) is 13.8. The van der Waals surface area contributed by atoms with Gasteiger partial charge in [-0.3, -0.25) is 5.10 Å². The van der Waals surface area contributed by atoms with Crippen LogP contribution in [0.2, 0.25) is 0 Å². The first-order chi connectivity index (χ1) is 10.8. The van der Waals surface area contributed by atoms with Gasteiger partial charge >= 0.3 is 0 Å². The summed E-state index contributed by atoms with van der Waals surface area (Å²) in [6.45, 7) is 0. The smallest absolute Gasteiger partial charge is 0.158 e. The first-order valence-corrected chi connectivity index (χ1v) is 7.44. The lowest BCUT2D eigenvalue weighted by Gasteiger charge is -2.20. The summed E-state index contributed by atoms with van der Waals surface area (Å²) in [7, 11) is 0. The molecule has 1 aromatic carbocycles. The third-order valence-corrected chi connectivity index (χ3v) is 4.32. The molecule has 0 atom stereocenters. The number of nitrogens with zero attached hydrogens (tertiary/aromatic N) is 3. The second-order valence-electron chi connectivity index (χ2n) is 5.65. The highest BCUT2D eigenvalue weighted by Gasteiger charge is 2.22. The molecule has 0 amide bonds. The number of pyridine rings is 1. The number of anilines is 1. The number of aryl methyl sites for hydroxylation is 1. The maximum Gasteiger partial charge on any atom is 0.158 e. The van der Waals surface area contributed by atoms with E-state index < -0.39 is 0 Å². The summed E-state index contributed by atoms with van der Waals surface area (Å²) >= 11 is 0. The van der Waals surface area contributed by atoms with E-state index in [-0.39, 0.29) is 0 Å². The Balaban J connectivity index is 2.03. The van der Waals surface area contributed by atoms with Crippen LogP contribution in [0.1, 0.15) is 29.5 Å². The summed E-state index contributed by atoms with van der Waals surface area (Å²) in [5.74, 6) is 0.526. The van der Waals surface area contributed by atoms with E-state index in [0.717, 1.165) is 48.0 Å². The largest absolute Gasteiger partial charge is 0.382 e. The van der Waals surface area contributed by atoms with Crippen LogP contribution in [0.3, 0.4) is 0 Å². The van der Waals surface area contributed by atoms with Crippen LogP contribution in [0.5, 0.6) is 0 Å². The quantitative estimate of drug-likeness (QED) is 0.720. The fourth-order valence-corrected chi connectivity index (χ4v) is 3.32. The van der Waals surface area contributed by atoms with Crippen molar-refractivity contribution in [1.82, 2.24) is 15.2 Å². The van der Waals surface area contributed by atoms with E-state index >= 15 is 0 Å². The lowest BCUT2D eigenvalue weighted by atomic mass is 9.87. The number of nitriles is 1. The van der Waals surface area contributed by atoms with Crippen LogP contribution in [-0.2, 0) is 12.8 Å². The predicted molar refractivity (Wildman–Crippen MR) is 85.1 cm³/mol. The van der Waals surface area contributed by atoms with E-state index in [1.807, 2.05) is 24.3 Å². The highest BCUT2D eigenvalue weighted by Crippen LogP contribution is 2.36. The average molecular weight is 289 g/mol. The molecule has 0 bridgehead atoms. The minimum absolute atomic E-state index is 0.526. The molecule has 5 nitrogen and oxygen atoms in total. The lowest BCUT2D eigenvalue weighted by molar-refractivity contribution is 0.689. The summed E-state index contributed by atoms with van der Waals surface area (Å²) in [6.07, 6.45) is 4.31. The highest BCUT2D eigenvalue weighted by molar-refractivity contribution is 5.93. The van der Waals surface area contributed by atoms with Crippen LogP contribution >= 0.6 is 0 Å².